The van der Waals surface area contributed by atoms with Crippen LogP contribution in [0.1, 0.15) is 23.3 Å². The zero-order chi connectivity index (χ0) is 13.1. The summed E-state index contributed by atoms with van der Waals surface area (Å²) in [5, 5.41) is 9.09. The van der Waals surface area contributed by atoms with Crippen molar-refractivity contribution in [1.82, 2.24) is 14.9 Å². The summed E-state index contributed by atoms with van der Waals surface area (Å²) in [5.41, 5.74) is 0.0145. The molecule has 0 aliphatic carbocycles. The van der Waals surface area contributed by atoms with Crippen LogP contribution in [0.25, 0.3) is 0 Å². The molecule has 0 saturated carbocycles. The molecule has 6 heteroatoms. The van der Waals surface area contributed by atoms with Gasteiger partial charge in [0.15, 0.2) is 11.5 Å². The van der Waals surface area contributed by atoms with Crippen molar-refractivity contribution >= 4 is 11.8 Å². The smallest absolute Gasteiger partial charge is 0.358 e. The van der Waals surface area contributed by atoms with Crippen LogP contribution in [0.3, 0.4) is 0 Å². The van der Waals surface area contributed by atoms with Gasteiger partial charge >= 0.3 is 5.97 Å². The van der Waals surface area contributed by atoms with Crippen molar-refractivity contribution in [1.29, 1.82) is 0 Å². The second-order valence-corrected chi connectivity index (χ2v) is 4.69. The number of likely N-dealkylation sites (N-methyl/N-ethyl adjacent to an activating group) is 2. The average Bonchev–Trinajstić information content (AvgIpc) is 2.75. The van der Waals surface area contributed by atoms with E-state index in [-0.39, 0.29) is 5.69 Å². The first-order chi connectivity index (χ1) is 8.59. The van der Waals surface area contributed by atoms with E-state index in [1.165, 1.54) is 18.8 Å². The maximum atomic E-state index is 11.1. The van der Waals surface area contributed by atoms with Crippen molar-refractivity contribution in [2.24, 2.45) is 0 Å². The van der Waals surface area contributed by atoms with Crippen molar-refractivity contribution in [3.8, 4) is 0 Å². The summed E-state index contributed by atoms with van der Waals surface area (Å²) >= 11 is 0. The van der Waals surface area contributed by atoms with Gasteiger partial charge in [-0.1, -0.05) is 0 Å². The lowest BCUT2D eigenvalue weighted by molar-refractivity contribution is 0.0690. The first-order valence-electron chi connectivity index (χ1n) is 6.05. The molecular weight excluding hydrogens is 232 g/mol. The Balaban J connectivity index is 2.13. The van der Waals surface area contributed by atoms with Crippen LogP contribution in [0.2, 0.25) is 0 Å². The first-order valence-corrected chi connectivity index (χ1v) is 6.05. The molecule has 98 valence electrons. The van der Waals surface area contributed by atoms with E-state index in [2.05, 4.69) is 21.9 Å². The molecule has 1 fully saturated rings. The van der Waals surface area contributed by atoms with Gasteiger partial charge in [0.25, 0.3) is 0 Å². The van der Waals surface area contributed by atoms with E-state index >= 15 is 0 Å². The highest BCUT2D eigenvalue weighted by atomic mass is 16.4. The lowest BCUT2D eigenvalue weighted by Crippen LogP contribution is -2.37. The third-order valence-corrected chi connectivity index (χ3v) is 3.40. The highest BCUT2D eigenvalue weighted by Crippen LogP contribution is 2.19. The van der Waals surface area contributed by atoms with Crippen LogP contribution in [0.5, 0.6) is 0 Å². The van der Waals surface area contributed by atoms with Crippen LogP contribution in [0, 0.1) is 0 Å². The Morgan fingerprint density at radius 3 is 2.89 bits per heavy atom. The number of hydrogen-bond donors (Lipinski definition) is 1. The zero-order valence-electron chi connectivity index (χ0n) is 10.7. The van der Waals surface area contributed by atoms with E-state index in [1.54, 1.807) is 0 Å². The Hall–Kier alpha value is -1.69. The minimum atomic E-state index is -1.04. The molecule has 1 unspecified atom stereocenters. The van der Waals surface area contributed by atoms with Crippen molar-refractivity contribution < 1.29 is 9.90 Å². The number of carboxylic acids is 1. The average molecular weight is 250 g/mol. The molecule has 1 N–H and O–H groups in total. The molecule has 0 aromatic carbocycles. The summed E-state index contributed by atoms with van der Waals surface area (Å²) in [5.74, 6) is -0.602. The molecule has 1 aliphatic heterocycles. The van der Waals surface area contributed by atoms with Crippen LogP contribution in [-0.2, 0) is 0 Å². The predicted octanol–water partition coefficient (Wildman–Crippen LogP) is 0.705. The second-order valence-electron chi connectivity index (χ2n) is 4.69. The van der Waals surface area contributed by atoms with Gasteiger partial charge in [-0.15, -0.1) is 0 Å². The Morgan fingerprint density at radius 1 is 1.56 bits per heavy atom. The van der Waals surface area contributed by atoms with Crippen molar-refractivity contribution in [2.75, 3.05) is 32.1 Å². The third-order valence-electron chi connectivity index (χ3n) is 3.40. The molecule has 2 heterocycles. The van der Waals surface area contributed by atoms with Crippen molar-refractivity contribution in [3.63, 3.8) is 0 Å². The van der Waals surface area contributed by atoms with E-state index in [4.69, 9.17) is 5.11 Å². The largest absolute Gasteiger partial charge is 0.476 e. The summed E-state index contributed by atoms with van der Waals surface area (Å²) in [7, 11) is 3.96. The number of rotatable bonds is 4. The van der Waals surface area contributed by atoms with Crippen LogP contribution < -0.4 is 4.90 Å². The van der Waals surface area contributed by atoms with Gasteiger partial charge in [-0.2, -0.15) is 0 Å². The summed E-state index contributed by atoms with van der Waals surface area (Å²) in [6, 6.07) is 0.457. The number of anilines is 1. The maximum Gasteiger partial charge on any atom is 0.358 e. The standard InChI is InChI=1S/C12H18N4O2/c1-15-7-3-4-9(15)8-16(2)11-10(12(17)18)13-5-6-14-11/h5-6,9H,3-4,7-8H2,1-2H3,(H,17,18). The Morgan fingerprint density at radius 2 is 2.28 bits per heavy atom. The van der Waals surface area contributed by atoms with Gasteiger partial charge in [-0.25, -0.2) is 14.8 Å². The number of nitrogens with zero attached hydrogens (tertiary/aromatic N) is 4. The number of aromatic carboxylic acids is 1. The quantitative estimate of drug-likeness (QED) is 0.848. The molecule has 6 nitrogen and oxygen atoms in total. The van der Waals surface area contributed by atoms with Crippen LogP contribution >= 0.6 is 0 Å². The summed E-state index contributed by atoms with van der Waals surface area (Å²) in [6.07, 6.45) is 5.27. The molecule has 0 spiro atoms. The fraction of sp³-hybridized carbons (Fsp3) is 0.583. The number of carboxylic acid groups (broad SMARTS) is 1. The van der Waals surface area contributed by atoms with Gasteiger partial charge in [-0.3, -0.25) is 0 Å². The number of aromatic nitrogens is 2. The molecule has 2 rings (SSSR count). The predicted molar refractivity (Wildman–Crippen MR) is 67.9 cm³/mol. The summed E-state index contributed by atoms with van der Waals surface area (Å²) in [4.78, 5) is 23.3. The number of carbonyl (C=O) groups is 1. The topological polar surface area (TPSA) is 69.6 Å². The Labute approximate surface area is 106 Å². The molecule has 0 radical (unpaired) electrons. The van der Waals surface area contributed by atoms with Gasteiger partial charge < -0.3 is 14.9 Å². The molecule has 1 saturated heterocycles. The number of likely N-dealkylation sites (tertiary alicyclic amines) is 1. The Bertz CT molecular complexity index is 438. The van der Waals surface area contributed by atoms with E-state index in [0.29, 0.717) is 11.9 Å². The normalized spacial score (nSPS) is 20.0. The van der Waals surface area contributed by atoms with Crippen LogP contribution in [0.15, 0.2) is 12.4 Å². The highest BCUT2D eigenvalue weighted by Gasteiger charge is 2.24. The molecule has 1 aliphatic rings. The molecular formula is C12H18N4O2. The first kappa shape index (κ1) is 12.8. The van der Waals surface area contributed by atoms with E-state index in [9.17, 15) is 4.79 Å². The molecule has 18 heavy (non-hydrogen) atoms. The van der Waals surface area contributed by atoms with Gasteiger partial charge in [0.1, 0.15) is 0 Å². The minimum absolute atomic E-state index is 0.0145. The van der Waals surface area contributed by atoms with Gasteiger partial charge in [0, 0.05) is 32.0 Å². The fourth-order valence-electron chi connectivity index (χ4n) is 2.37. The monoisotopic (exact) mass is 250 g/mol. The zero-order valence-corrected chi connectivity index (χ0v) is 10.7. The van der Waals surface area contributed by atoms with Gasteiger partial charge in [0.2, 0.25) is 0 Å². The number of hydrogen-bond acceptors (Lipinski definition) is 5. The lowest BCUT2D eigenvalue weighted by atomic mass is 10.2. The molecule has 1 aromatic heterocycles. The Kier molecular flexibility index (Phi) is 3.76. The van der Waals surface area contributed by atoms with Gasteiger partial charge in [0.05, 0.1) is 0 Å². The fourth-order valence-corrected chi connectivity index (χ4v) is 2.37. The van der Waals surface area contributed by atoms with E-state index < -0.39 is 5.97 Å². The maximum absolute atomic E-state index is 11.1. The lowest BCUT2D eigenvalue weighted by Gasteiger charge is -2.26. The molecule has 0 amide bonds. The van der Waals surface area contributed by atoms with E-state index in [1.807, 2.05) is 11.9 Å². The summed E-state index contributed by atoms with van der Waals surface area (Å²) in [6.45, 7) is 1.88. The molecule has 1 atom stereocenters. The molecule has 0 bridgehead atoms. The van der Waals surface area contributed by atoms with E-state index in [0.717, 1.165) is 19.5 Å². The van der Waals surface area contributed by atoms with Crippen molar-refractivity contribution in [3.05, 3.63) is 18.1 Å². The van der Waals surface area contributed by atoms with Crippen LogP contribution in [-0.4, -0.2) is 59.2 Å². The van der Waals surface area contributed by atoms with Crippen LogP contribution in [0.4, 0.5) is 5.82 Å². The summed E-state index contributed by atoms with van der Waals surface area (Å²) < 4.78 is 0. The van der Waals surface area contributed by atoms with Crippen molar-refractivity contribution in [2.45, 2.75) is 18.9 Å². The SMILES string of the molecule is CN(CC1CCCN1C)c1nccnc1C(=O)O. The third kappa shape index (κ3) is 2.59. The highest BCUT2D eigenvalue weighted by molar-refractivity contribution is 5.90. The minimum Gasteiger partial charge on any atom is -0.476 e. The van der Waals surface area contributed by atoms with Gasteiger partial charge in [-0.05, 0) is 26.4 Å². The molecule has 1 aromatic rings. The second kappa shape index (κ2) is 5.30.